The molecule has 0 saturated heterocycles. The van der Waals surface area contributed by atoms with Crippen LogP contribution >= 0.6 is 0 Å². The Morgan fingerprint density at radius 3 is 2.55 bits per heavy atom. The molecule has 160 valence electrons. The first-order valence-corrected chi connectivity index (χ1v) is 9.17. The monoisotopic (exact) mass is 432 g/mol. The van der Waals surface area contributed by atoms with Crippen molar-refractivity contribution in [3.05, 3.63) is 75.8 Å². The second kappa shape index (κ2) is 8.21. The van der Waals surface area contributed by atoms with Gasteiger partial charge in [0.15, 0.2) is 0 Å². The maximum absolute atomic E-state index is 13.3. The first kappa shape index (κ1) is 20.6. The highest BCUT2D eigenvalue weighted by atomic mass is 19.3. The molecule has 0 aliphatic rings. The lowest BCUT2D eigenvalue weighted by Gasteiger charge is -2.13. The van der Waals surface area contributed by atoms with Crippen molar-refractivity contribution < 1.29 is 22.3 Å². The number of benzene rings is 2. The summed E-state index contributed by atoms with van der Waals surface area (Å²) < 4.78 is 58.7. The Balaban J connectivity index is 1.79. The summed E-state index contributed by atoms with van der Waals surface area (Å²) in [7, 11) is 1.40. The van der Waals surface area contributed by atoms with Crippen molar-refractivity contribution >= 4 is 10.9 Å². The van der Waals surface area contributed by atoms with Gasteiger partial charge in [0.1, 0.15) is 23.0 Å². The Morgan fingerprint density at radius 1 is 1.06 bits per heavy atom. The van der Waals surface area contributed by atoms with Crippen molar-refractivity contribution in [2.45, 2.75) is 19.4 Å². The van der Waals surface area contributed by atoms with Crippen molar-refractivity contribution in [3.8, 4) is 17.1 Å². The predicted molar refractivity (Wildman–Crippen MR) is 106 cm³/mol. The molecule has 1 N–H and O–H groups in total. The molecule has 4 rings (SSSR count). The van der Waals surface area contributed by atoms with E-state index in [0.29, 0.717) is 33.8 Å². The van der Waals surface area contributed by atoms with Gasteiger partial charge in [-0.25, -0.2) is 22.5 Å². The molecule has 0 spiro atoms. The van der Waals surface area contributed by atoms with Gasteiger partial charge in [0.25, 0.3) is 18.4 Å². The summed E-state index contributed by atoms with van der Waals surface area (Å²) in [6, 6.07) is 12.3. The van der Waals surface area contributed by atoms with Crippen LogP contribution in [-0.4, -0.2) is 26.9 Å². The molecule has 10 heteroatoms. The zero-order valence-corrected chi connectivity index (χ0v) is 16.2. The topological polar surface area (TPSA) is 72.8 Å². The van der Waals surface area contributed by atoms with Crippen molar-refractivity contribution in [2.24, 2.45) is 0 Å². The molecule has 0 unspecified atom stereocenters. The summed E-state index contributed by atoms with van der Waals surface area (Å²) in [5, 5.41) is 4.05. The summed E-state index contributed by atoms with van der Waals surface area (Å²) in [5.41, 5.74) is -0.287. The fourth-order valence-corrected chi connectivity index (χ4v) is 3.29. The van der Waals surface area contributed by atoms with Crippen LogP contribution in [-0.2, 0) is 6.54 Å². The van der Waals surface area contributed by atoms with Crippen LogP contribution in [0.15, 0.2) is 53.3 Å². The highest BCUT2D eigenvalue weighted by molar-refractivity contribution is 5.79. The highest BCUT2D eigenvalue weighted by Gasteiger charge is 2.22. The van der Waals surface area contributed by atoms with Crippen LogP contribution in [0.4, 0.5) is 17.6 Å². The van der Waals surface area contributed by atoms with Gasteiger partial charge >= 0.3 is 0 Å². The van der Waals surface area contributed by atoms with E-state index < -0.39 is 24.2 Å². The number of rotatable bonds is 6. The lowest BCUT2D eigenvalue weighted by atomic mass is 10.1. The largest absolute Gasteiger partial charge is 0.496 e. The molecule has 0 fully saturated rings. The minimum atomic E-state index is -2.98. The fourth-order valence-electron chi connectivity index (χ4n) is 3.29. The number of para-hydroxylation sites is 1. The zero-order valence-electron chi connectivity index (χ0n) is 16.2. The molecule has 2 heterocycles. The molecular formula is C21H16F4N4O2. The van der Waals surface area contributed by atoms with Gasteiger partial charge in [0.2, 0.25) is 0 Å². The molecule has 0 atom stereocenters. The van der Waals surface area contributed by atoms with Crippen LogP contribution in [0.3, 0.4) is 0 Å². The van der Waals surface area contributed by atoms with Crippen molar-refractivity contribution in [3.63, 3.8) is 0 Å². The number of hydrogen-bond acceptors (Lipinski definition) is 4. The fraction of sp³-hybridized carbons (Fsp3) is 0.190. The number of nitrogens with zero attached hydrogens (tertiary/aromatic N) is 3. The van der Waals surface area contributed by atoms with Crippen LogP contribution in [0, 0.1) is 0 Å². The number of aromatic amines is 1. The van der Waals surface area contributed by atoms with Gasteiger partial charge in [0, 0.05) is 11.1 Å². The maximum atomic E-state index is 13.3. The molecule has 0 aliphatic heterocycles. The summed E-state index contributed by atoms with van der Waals surface area (Å²) >= 11 is 0. The first-order chi connectivity index (χ1) is 14.9. The lowest BCUT2D eigenvalue weighted by Crippen LogP contribution is -2.10. The van der Waals surface area contributed by atoms with Crippen LogP contribution in [0.1, 0.15) is 29.8 Å². The Bertz CT molecular complexity index is 1300. The molecule has 0 aliphatic carbocycles. The van der Waals surface area contributed by atoms with Gasteiger partial charge in [-0.15, -0.1) is 0 Å². The number of nitrogens with one attached hydrogen (secondary N) is 1. The van der Waals surface area contributed by atoms with E-state index in [1.165, 1.54) is 7.11 Å². The Morgan fingerprint density at radius 2 is 1.84 bits per heavy atom. The number of alkyl halides is 4. The van der Waals surface area contributed by atoms with Gasteiger partial charge < -0.3 is 9.72 Å². The Labute approximate surface area is 173 Å². The van der Waals surface area contributed by atoms with Crippen LogP contribution in [0.5, 0.6) is 5.75 Å². The van der Waals surface area contributed by atoms with E-state index in [9.17, 15) is 22.4 Å². The minimum absolute atomic E-state index is 0.235. The third-order valence-corrected chi connectivity index (χ3v) is 4.76. The van der Waals surface area contributed by atoms with E-state index in [4.69, 9.17) is 4.74 Å². The standard InChI is InChI=1S/C21H16F4N4O2/c1-31-17-7-6-11(20-26-14-5-3-2-4-13(14)21(30)27-20)8-12(17)10-29-16(19(24)25)9-15(28-29)18(22)23/h2-9,18-19H,10H2,1H3,(H,26,27,30). The molecule has 0 bridgehead atoms. The van der Waals surface area contributed by atoms with Gasteiger partial charge in [0.05, 0.1) is 24.6 Å². The van der Waals surface area contributed by atoms with E-state index >= 15 is 0 Å². The third-order valence-electron chi connectivity index (χ3n) is 4.76. The molecule has 31 heavy (non-hydrogen) atoms. The number of aromatic nitrogens is 4. The summed E-state index contributed by atoms with van der Waals surface area (Å²) in [5.74, 6) is 0.622. The van der Waals surface area contributed by atoms with E-state index in [1.54, 1.807) is 42.5 Å². The Kier molecular flexibility index (Phi) is 5.45. The van der Waals surface area contributed by atoms with Gasteiger partial charge in [-0.05, 0) is 36.4 Å². The van der Waals surface area contributed by atoms with Crippen LogP contribution < -0.4 is 10.3 Å². The van der Waals surface area contributed by atoms with Crippen LogP contribution in [0.25, 0.3) is 22.3 Å². The first-order valence-electron chi connectivity index (χ1n) is 9.17. The second-order valence-corrected chi connectivity index (χ2v) is 6.71. The van der Waals surface area contributed by atoms with E-state index in [-0.39, 0.29) is 17.9 Å². The summed E-state index contributed by atoms with van der Waals surface area (Å²) in [6.07, 6.45) is -5.95. The van der Waals surface area contributed by atoms with Crippen molar-refractivity contribution in [1.82, 2.24) is 19.7 Å². The zero-order chi connectivity index (χ0) is 22.1. The predicted octanol–water partition coefficient (Wildman–Crippen LogP) is 4.72. The number of H-pyrrole nitrogens is 1. The molecule has 2 aromatic heterocycles. The molecular weight excluding hydrogens is 416 g/mol. The molecule has 6 nitrogen and oxygen atoms in total. The number of hydrogen-bond donors (Lipinski definition) is 1. The quantitative estimate of drug-likeness (QED) is 0.448. The number of halogens is 4. The smallest absolute Gasteiger partial charge is 0.282 e. The number of fused-ring (bicyclic) bond motifs is 1. The molecule has 0 saturated carbocycles. The molecule has 2 aromatic carbocycles. The van der Waals surface area contributed by atoms with E-state index in [0.717, 1.165) is 4.68 Å². The maximum Gasteiger partial charge on any atom is 0.282 e. The Hall–Kier alpha value is -3.69. The molecule has 0 radical (unpaired) electrons. The number of ether oxygens (including phenoxy) is 1. The molecule has 0 amide bonds. The van der Waals surface area contributed by atoms with Crippen LogP contribution in [0.2, 0.25) is 0 Å². The summed E-state index contributed by atoms with van der Waals surface area (Å²) in [6.45, 7) is -0.235. The average Bonchev–Trinajstić information content (AvgIpc) is 3.18. The van der Waals surface area contributed by atoms with Gasteiger partial charge in [-0.2, -0.15) is 5.10 Å². The van der Waals surface area contributed by atoms with Gasteiger partial charge in [-0.1, -0.05) is 12.1 Å². The normalized spacial score (nSPS) is 11.6. The minimum Gasteiger partial charge on any atom is -0.496 e. The van der Waals surface area contributed by atoms with Crippen molar-refractivity contribution in [1.29, 1.82) is 0 Å². The van der Waals surface area contributed by atoms with E-state index in [2.05, 4.69) is 15.1 Å². The molecule has 4 aromatic rings. The SMILES string of the molecule is COc1ccc(-c2nc3ccccc3c(=O)[nH]2)cc1Cn1nc(C(F)F)cc1C(F)F. The second-order valence-electron chi connectivity index (χ2n) is 6.71. The van der Waals surface area contributed by atoms with E-state index in [1.807, 2.05) is 0 Å². The van der Waals surface area contributed by atoms with Gasteiger partial charge in [-0.3, -0.25) is 9.48 Å². The third kappa shape index (κ3) is 4.00. The summed E-state index contributed by atoms with van der Waals surface area (Å²) in [4.78, 5) is 19.5. The lowest BCUT2D eigenvalue weighted by molar-refractivity contribution is 0.139. The highest BCUT2D eigenvalue weighted by Crippen LogP contribution is 2.29. The van der Waals surface area contributed by atoms with Crippen molar-refractivity contribution in [2.75, 3.05) is 7.11 Å². The average molecular weight is 432 g/mol. The number of methoxy groups -OCH3 is 1.